The largest absolute Gasteiger partial charge is 0.348 e. The number of nitrogens with zero attached hydrogens (tertiary/aromatic N) is 7. The molecule has 1 aliphatic rings. The van der Waals surface area contributed by atoms with E-state index in [1.807, 2.05) is 30.9 Å². The summed E-state index contributed by atoms with van der Waals surface area (Å²) < 4.78 is 4.40. The highest BCUT2D eigenvalue weighted by Crippen LogP contribution is 2.30. The summed E-state index contributed by atoms with van der Waals surface area (Å²) in [5.41, 5.74) is 0. The molecule has 3 aromatic rings. The van der Waals surface area contributed by atoms with E-state index in [-0.39, 0.29) is 0 Å². The van der Waals surface area contributed by atoms with Crippen LogP contribution < -0.4 is 4.90 Å². The molecule has 0 atom stereocenters. The van der Waals surface area contributed by atoms with Gasteiger partial charge in [-0.1, -0.05) is 0 Å². The van der Waals surface area contributed by atoms with Crippen LogP contribution in [0.3, 0.4) is 0 Å². The summed E-state index contributed by atoms with van der Waals surface area (Å²) in [6.07, 6.45) is 7.90. The Bertz CT molecular complexity index is 812. The Morgan fingerprint density at radius 2 is 2.00 bits per heavy atom. The Labute approximate surface area is 151 Å². The summed E-state index contributed by atoms with van der Waals surface area (Å²) in [6, 6.07) is 0. The van der Waals surface area contributed by atoms with E-state index in [0.717, 1.165) is 61.6 Å². The summed E-state index contributed by atoms with van der Waals surface area (Å²) >= 11 is 1.71. The van der Waals surface area contributed by atoms with E-state index in [1.165, 1.54) is 0 Å². The molecule has 0 saturated carbocycles. The zero-order chi connectivity index (χ0) is 17.2. The SMILES string of the molecule is CCn1c(Cn2ccnc2C)nnc1C1CCN(c2nccs2)CC1. The van der Waals surface area contributed by atoms with Gasteiger partial charge in [0.2, 0.25) is 0 Å². The number of anilines is 1. The molecule has 0 amide bonds. The molecule has 1 fully saturated rings. The van der Waals surface area contributed by atoms with Crippen molar-refractivity contribution in [1.29, 1.82) is 0 Å². The molecule has 4 heterocycles. The van der Waals surface area contributed by atoms with Gasteiger partial charge in [-0.05, 0) is 26.7 Å². The average molecular weight is 357 g/mol. The maximum absolute atomic E-state index is 4.56. The molecule has 0 bridgehead atoms. The molecule has 0 unspecified atom stereocenters. The first-order valence-corrected chi connectivity index (χ1v) is 9.68. The van der Waals surface area contributed by atoms with Crippen molar-refractivity contribution in [2.75, 3.05) is 18.0 Å². The second-order valence-electron chi connectivity index (χ2n) is 6.40. The van der Waals surface area contributed by atoms with Crippen molar-refractivity contribution in [2.24, 2.45) is 0 Å². The van der Waals surface area contributed by atoms with Crippen molar-refractivity contribution in [3.8, 4) is 0 Å². The molecule has 25 heavy (non-hydrogen) atoms. The predicted molar refractivity (Wildman–Crippen MR) is 98.1 cm³/mol. The van der Waals surface area contributed by atoms with E-state index in [2.05, 4.69) is 41.1 Å². The summed E-state index contributed by atoms with van der Waals surface area (Å²) in [6.45, 7) is 7.88. The fourth-order valence-electron chi connectivity index (χ4n) is 3.54. The lowest BCUT2D eigenvalue weighted by Crippen LogP contribution is -2.33. The molecule has 132 valence electrons. The number of hydrogen-bond acceptors (Lipinski definition) is 6. The van der Waals surface area contributed by atoms with Crippen molar-refractivity contribution >= 4 is 16.5 Å². The number of hydrogen-bond donors (Lipinski definition) is 0. The zero-order valence-electron chi connectivity index (χ0n) is 14.7. The van der Waals surface area contributed by atoms with Gasteiger partial charge >= 0.3 is 0 Å². The highest BCUT2D eigenvalue weighted by atomic mass is 32.1. The minimum Gasteiger partial charge on any atom is -0.348 e. The summed E-state index contributed by atoms with van der Waals surface area (Å²) in [5.74, 6) is 3.63. The van der Waals surface area contributed by atoms with Crippen molar-refractivity contribution in [2.45, 2.75) is 45.7 Å². The molecule has 0 aliphatic carbocycles. The van der Waals surface area contributed by atoms with Gasteiger partial charge in [0, 0.05) is 49.5 Å². The monoisotopic (exact) mass is 357 g/mol. The first-order valence-electron chi connectivity index (χ1n) is 8.80. The van der Waals surface area contributed by atoms with Crippen LogP contribution in [0.4, 0.5) is 5.13 Å². The minimum absolute atomic E-state index is 0.473. The highest BCUT2D eigenvalue weighted by molar-refractivity contribution is 7.13. The quantitative estimate of drug-likeness (QED) is 0.702. The van der Waals surface area contributed by atoms with Gasteiger partial charge in [-0.15, -0.1) is 21.5 Å². The van der Waals surface area contributed by atoms with Crippen LogP contribution in [-0.2, 0) is 13.1 Å². The Balaban J connectivity index is 1.49. The van der Waals surface area contributed by atoms with Crippen LogP contribution in [0, 0.1) is 6.92 Å². The topological polar surface area (TPSA) is 64.7 Å². The number of rotatable bonds is 5. The summed E-state index contributed by atoms with van der Waals surface area (Å²) in [5, 5.41) is 12.2. The van der Waals surface area contributed by atoms with Crippen LogP contribution in [0.5, 0.6) is 0 Å². The Morgan fingerprint density at radius 1 is 1.16 bits per heavy atom. The van der Waals surface area contributed by atoms with E-state index < -0.39 is 0 Å². The molecule has 0 radical (unpaired) electrons. The van der Waals surface area contributed by atoms with Gasteiger partial charge in [-0.3, -0.25) is 0 Å². The van der Waals surface area contributed by atoms with Crippen LogP contribution in [0.25, 0.3) is 0 Å². The van der Waals surface area contributed by atoms with Crippen LogP contribution in [0.15, 0.2) is 24.0 Å². The molecule has 0 aromatic carbocycles. The van der Waals surface area contributed by atoms with Gasteiger partial charge in [0.05, 0.1) is 6.54 Å². The van der Waals surface area contributed by atoms with Crippen LogP contribution >= 0.6 is 11.3 Å². The third-order valence-corrected chi connectivity index (χ3v) is 5.79. The number of thiazole rings is 1. The summed E-state index contributed by atoms with van der Waals surface area (Å²) in [4.78, 5) is 11.1. The lowest BCUT2D eigenvalue weighted by molar-refractivity contribution is 0.463. The smallest absolute Gasteiger partial charge is 0.185 e. The molecule has 1 saturated heterocycles. The molecule has 3 aromatic heterocycles. The maximum atomic E-state index is 4.56. The van der Waals surface area contributed by atoms with Crippen molar-refractivity contribution in [3.05, 3.63) is 41.4 Å². The Morgan fingerprint density at radius 3 is 2.64 bits per heavy atom. The van der Waals surface area contributed by atoms with Gasteiger partial charge in [-0.2, -0.15) is 0 Å². The first-order chi connectivity index (χ1) is 12.3. The Hall–Kier alpha value is -2.22. The van der Waals surface area contributed by atoms with E-state index in [9.17, 15) is 0 Å². The normalized spacial score (nSPS) is 15.8. The minimum atomic E-state index is 0.473. The molecule has 0 spiro atoms. The van der Waals surface area contributed by atoms with Crippen LogP contribution in [0.1, 0.15) is 43.2 Å². The standard InChI is InChI=1S/C17H23N7S/c1-3-24-15(12-23-10-6-18-13(23)2)20-21-16(24)14-4-8-22(9-5-14)17-19-7-11-25-17/h6-7,10-11,14H,3-5,8-9,12H2,1-2H3. The van der Waals surface area contributed by atoms with Crippen molar-refractivity contribution < 1.29 is 0 Å². The van der Waals surface area contributed by atoms with E-state index in [1.54, 1.807) is 11.3 Å². The van der Waals surface area contributed by atoms with Gasteiger partial charge in [0.25, 0.3) is 0 Å². The molecule has 0 N–H and O–H groups in total. The number of aryl methyl sites for hydroxylation is 1. The van der Waals surface area contributed by atoms with Crippen LogP contribution in [0.2, 0.25) is 0 Å². The fraction of sp³-hybridized carbons (Fsp3) is 0.529. The molecule has 1 aliphatic heterocycles. The molecule has 7 nitrogen and oxygen atoms in total. The summed E-state index contributed by atoms with van der Waals surface area (Å²) in [7, 11) is 0. The highest BCUT2D eigenvalue weighted by Gasteiger charge is 2.26. The van der Waals surface area contributed by atoms with E-state index >= 15 is 0 Å². The molecular weight excluding hydrogens is 334 g/mol. The molecule has 4 rings (SSSR count). The third kappa shape index (κ3) is 3.18. The lowest BCUT2D eigenvalue weighted by atomic mass is 9.96. The van der Waals surface area contributed by atoms with Crippen LogP contribution in [-0.4, -0.2) is 42.4 Å². The average Bonchev–Trinajstić information content (AvgIpc) is 3.37. The van der Waals surface area contributed by atoms with Gasteiger partial charge < -0.3 is 14.0 Å². The lowest BCUT2D eigenvalue weighted by Gasteiger charge is -2.31. The Kier molecular flexibility index (Phi) is 4.52. The van der Waals surface area contributed by atoms with Gasteiger partial charge in [-0.25, -0.2) is 9.97 Å². The van der Waals surface area contributed by atoms with E-state index in [4.69, 9.17) is 0 Å². The second-order valence-corrected chi connectivity index (χ2v) is 7.27. The maximum Gasteiger partial charge on any atom is 0.185 e. The predicted octanol–water partition coefficient (Wildman–Crippen LogP) is 2.69. The second kappa shape index (κ2) is 6.95. The zero-order valence-corrected chi connectivity index (χ0v) is 15.5. The third-order valence-electron chi connectivity index (χ3n) is 4.96. The van der Waals surface area contributed by atoms with Crippen molar-refractivity contribution in [3.63, 3.8) is 0 Å². The van der Waals surface area contributed by atoms with Crippen molar-refractivity contribution in [1.82, 2.24) is 29.3 Å². The first kappa shape index (κ1) is 16.3. The molecule has 8 heteroatoms. The van der Waals surface area contributed by atoms with E-state index in [0.29, 0.717) is 5.92 Å². The number of imidazole rings is 1. The fourth-order valence-corrected chi connectivity index (χ4v) is 4.23. The number of aromatic nitrogens is 6. The number of piperidine rings is 1. The molecular formula is C17H23N7S. The van der Waals surface area contributed by atoms with Gasteiger partial charge in [0.1, 0.15) is 11.6 Å². The van der Waals surface area contributed by atoms with Gasteiger partial charge in [0.15, 0.2) is 11.0 Å².